The van der Waals surface area contributed by atoms with Crippen LogP contribution in [-0.2, 0) is 17.5 Å². The first-order chi connectivity index (χ1) is 17.9. The molecule has 37 heavy (non-hydrogen) atoms. The van der Waals surface area contributed by atoms with Crippen molar-refractivity contribution in [1.29, 1.82) is 0 Å². The van der Waals surface area contributed by atoms with Gasteiger partial charge in [0.25, 0.3) is 0 Å². The Morgan fingerprint density at radius 2 is 1.68 bits per heavy atom. The summed E-state index contributed by atoms with van der Waals surface area (Å²) in [4.78, 5) is 16.2. The van der Waals surface area contributed by atoms with Gasteiger partial charge in [0.05, 0.1) is 31.6 Å². The molecule has 0 bridgehead atoms. The minimum Gasteiger partial charge on any atom is -0.378 e. The molecule has 2 N–H and O–H groups in total. The number of rotatable bonds is 7. The van der Waals surface area contributed by atoms with E-state index in [1.54, 1.807) is 6.33 Å². The summed E-state index contributed by atoms with van der Waals surface area (Å²) in [6.07, 6.45) is -0.569. The molecule has 2 aromatic carbocycles. The fourth-order valence-corrected chi connectivity index (χ4v) is 4.34. The van der Waals surface area contributed by atoms with Crippen molar-refractivity contribution in [2.75, 3.05) is 41.8 Å². The van der Waals surface area contributed by atoms with Gasteiger partial charge in [0.1, 0.15) is 0 Å². The summed E-state index contributed by atoms with van der Waals surface area (Å²) in [6, 6.07) is 13.6. The fourth-order valence-electron chi connectivity index (χ4n) is 4.34. The van der Waals surface area contributed by atoms with Crippen molar-refractivity contribution in [3.05, 3.63) is 66.0 Å². The van der Waals surface area contributed by atoms with Crippen molar-refractivity contribution >= 4 is 34.3 Å². The third-order valence-corrected chi connectivity index (χ3v) is 6.52. The van der Waals surface area contributed by atoms with Crippen molar-refractivity contribution in [2.24, 2.45) is 0 Å². The summed E-state index contributed by atoms with van der Waals surface area (Å²) in [5, 5.41) is 6.72. The lowest BCUT2D eigenvalue weighted by atomic mass is 10.1. The van der Waals surface area contributed by atoms with Gasteiger partial charge in [-0.15, -0.1) is 0 Å². The second kappa shape index (κ2) is 9.55. The number of aromatic nitrogens is 4. The topological polar surface area (TPSA) is 80.1 Å². The number of benzene rings is 2. The number of fused-ring (bicyclic) bond motifs is 1. The van der Waals surface area contributed by atoms with Gasteiger partial charge in [-0.25, -0.2) is 4.98 Å². The van der Waals surface area contributed by atoms with E-state index in [4.69, 9.17) is 9.72 Å². The van der Waals surface area contributed by atoms with E-state index < -0.39 is 11.7 Å². The second-order valence-electron chi connectivity index (χ2n) is 9.33. The number of anilines is 4. The quantitative estimate of drug-likeness (QED) is 0.361. The molecule has 1 aliphatic heterocycles. The van der Waals surface area contributed by atoms with Gasteiger partial charge in [-0.05, 0) is 54.8 Å². The van der Waals surface area contributed by atoms with E-state index in [1.807, 2.05) is 16.7 Å². The van der Waals surface area contributed by atoms with E-state index in [-0.39, 0.29) is 0 Å². The Morgan fingerprint density at radius 1 is 0.946 bits per heavy atom. The van der Waals surface area contributed by atoms with Gasteiger partial charge in [-0.3, -0.25) is 0 Å². The van der Waals surface area contributed by atoms with E-state index in [0.29, 0.717) is 35.5 Å². The molecule has 2 fully saturated rings. The van der Waals surface area contributed by atoms with E-state index in [1.165, 1.54) is 12.1 Å². The van der Waals surface area contributed by atoms with Crippen LogP contribution in [0.1, 0.15) is 24.0 Å². The Morgan fingerprint density at radius 3 is 2.35 bits per heavy atom. The van der Waals surface area contributed by atoms with Crippen LogP contribution < -0.4 is 15.5 Å². The highest BCUT2D eigenvalue weighted by Crippen LogP contribution is 2.31. The zero-order chi connectivity index (χ0) is 25.4. The monoisotopic (exact) mass is 509 g/mol. The fraction of sp³-hybridized carbons (Fsp3) is 0.346. The second-order valence-corrected chi connectivity index (χ2v) is 9.33. The van der Waals surface area contributed by atoms with Crippen molar-refractivity contribution < 1.29 is 17.9 Å². The average Bonchev–Trinajstić information content (AvgIpc) is 3.63. The molecule has 11 heteroatoms. The van der Waals surface area contributed by atoms with Crippen molar-refractivity contribution in [3.63, 3.8) is 0 Å². The van der Waals surface area contributed by atoms with E-state index in [9.17, 15) is 13.2 Å². The SMILES string of the molecule is FC(F)(F)c1ccc(Cn2cnc3c(NC4CC4)nc(Nc4ccc(N5CCOCC5)cc4)nc32)cc1. The van der Waals surface area contributed by atoms with Crippen LogP contribution in [-0.4, -0.2) is 51.9 Å². The lowest BCUT2D eigenvalue weighted by Gasteiger charge is -2.28. The predicted octanol–water partition coefficient (Wildman–Crippen LogP) is 5.05. The Balaban J connectivity index is 1.27. The molecular formula is C26H26F3N7O. The predicted molar refractivity (Wildman–Crippen MR) is 135 cm³/mol. The van der Waals surface area contributed by atoms with Gasteiger partial charge in [-0.1, -0.05) is 12.1 Å². The van der Waals surface area contributed by atoms with Crippen molar-refractivity contribution in [1.82, 2.24) is 19.5 Å². The van der Waals surface area contributed by atoms with Gasteiger partial charge in [0.2, 0.25) is 5.95 Å². The van der Waals surface area contributed by atoms with Crippen LogP contribution >= 0.6 is 0 Å². The highest BCUT2D eigenvalue weighted by Gasteiger charge is 2.30. The van der Waals surface area contributed by atoms with E-state index in [0.717, 1.165) is 68.2 Å². The number of ether oxygens (including phenoxy) is 1. The summed E-state index contributed by atoms with van der Waals surface area (Å²) >= 11 is 0. The molecule has 4 aromatic rings. The Labute approximate surface area is 211 Å². The largest absolute Gasteiger partial charge is 0.416 e. The first-order valence-electron chi connectivity index (χ1n) is 12.3. The maximum atomic E-state index is 12.9. The van der Waals surface area contributed by atoms with Crippen LogP contribution in [0.5, 0.6) is 0 Å². The maximum Gasteiger partial charge on any atom is 0.416 e. The molecule has 8 nitrogen and oxygen atoms in total. The zero-order valence-electron chi connectivity index (χ0n) is 20.0. The normalized spacial score (nSPS) is 16.2. The van der Waals surface area contributed by atoms with E-state index in [2.05, 4.69) is 37.6 Å². The molecule has 1 aliphatic carbocycles. The standard InChI is InChI=1S/C26H26F3N7O/c27-26(28,29)18-3-1-17(2-4-18)15-36-16-30-22-23(31-19-5-6-19)33-25(34-24(22)36)32-20-7-9-21(10-8-20)35-11-13-37-14-12-35/h1-4,7-10,16,19H,5-6,11-15H2,(H2,31,32,33,34). The van der Waals surface area contributed by atoms with Crippen LogP contribution in [0.15, 0.2) is 54.9 Å². The molecule has 0 spiro atoms. The molecule has 0 amide bonds. The lowest BCUT2D eigenvalue weighted by molar-refractivity contribution is -0.137. The van der Waals surface area contributed by atoms with Crippen LogP contribution in [0.4, 0.5) is 36.3 Å². The van der Waals surface area contributed by atoms with Gasteiger partial charge in [-0.2, -0.15) is 23.1 Å². The van der Waals surface area contributed by atoms with Gasteiger partial charge < -0.3 is 24.8 Å². The molecule has 0 unspecified atom stereocenters. The maximum absolute atomic E-state index is 12.9. The molecule has 1 saturated heterocycles. The molecular weight excluding hydrogens is 483 g/mol. The summed E-state index contributed by atoms with van der Waals surface area (Å²) in [7, 11) is 0. The summed E-state index contributed by atoms with van der Waals surface area (Å²) in [6.45, 7) is 3.52. The van der Waals surface area contributed by atoms with Crippen LogP contribution in [0.25, 0.3) is 11.2 Å². The number of nitrogens with zero attached hydrogens (tertiary/aromatic N) is 5. The minimum atomic E-state index is -4.36. The summed E-state index contributed by atoms with van der Waals surface area (Å²) in [5.74, 6) is 1.06. The molecule has 0 radical (unpaired) electrons. The van der Waals surface area contributed by atoms with Crippen LogP contribution in [0, 0.1) is 0 Å². The van der Waals surface area contributed by atoms with Crippen LogP contribution in [0.3, 0.4) is 0 Å². The molecule has 3 heterocycles. The van der Waals surface area contributed by atoms with Gasteiger partial charge in [0.15, 0.2) is 17.0 Å². The van der Waals surface area contributed by atoms with Gasteiger partial charge >= 0.3 is 6.18 Å². The first-order valence-corrected chi connectivity index (χ1v) is 12.3. The zero-order valence-corrected chi connectivity index (χ0v) is 20.0. The Kier molecular flexibility index (Phi) is 6.07. The average molecular weight is 510 g/mol. The molecule has 2 aliphatic rings. The Bertz CT molecular complexity index is 1380. The van der Waals surface area contributed by atoms with E-state index >= 15 is 0 Å². The minimum absolute atomic E-state index is 0.336. The number of alkyl halides is 3. The number of halogens is 3. The van der Waals surface area contributed by atoms with Crippen LogP contribution in [0.2, 0.25) is 0 Å². The summed E-state index contributed by atoms with van der Waals surface area (Å²) < 4.78 is 46.1. The first kappa shape index (κ1) is 23.5. The van der Waals surface area contributed by atoms with Crippen molar-refractivity contribution in [2.45, 2.75) is 31.6 Å². The number of imidazole rings is 1. The van der Waals surface area contributed by atoms with Gasteiger partial charge in [0, 0.05) is 30.5 Å². The smallest absolute Gasteiger partial charge is 0.378 e. The molecule has 1 saturated carbocycles. The number of morpholine rings is 1. The molecule has 6 rings (SSSR count). The highest BCUT2D eigenvalue weighted by atomic mass is 19.4. The molecule has 192 valence electrons. The molecule has 0 atom stereocenters. The molecule has 2 aromatic heterocycles. The third-order valence-electron chi connectivity index (χ3n) is 6.52. The highest BCUT2D eigenvalue weighted by molar-refractivity contribution is 5.85. The number of hydrogen-bond acceptors (Lipinski definition) is 7. The number of nitrogens with one attached hydrogen (secondary N) is 2. The Hall–Kier alpha value is -3.86. The summed E-state index contributed by atoms with van der Waals surface area (Å²) in [5.41, 5.74) is 3.27. The lowest BCUT2D eigenvalue weighted by Crippen LogP contribution is -2.36. The van der Waals surface area contributed by atoms with Crippen molar-refractivity contribution in [3.8, 4) is 0 Å². The number of hydrogen-bond donors (Lipinski definition) is 2. The third kappa shape index (κ3) is 5.31.